The van der Waals surface area contributed by atoms with E-state index in [1.165, 1.54) is 0 Å². The molecule has 0 unspecified atom stereocenters. The Hall–Kier alpha value is 0.274. The molecule has 0 bridgehead atoms. The van der Waals surface area contributed by atoms with Crippen LogP contribution in [-0.2, 0) is 17.4 Å². The Labute approximate surface area is 78.2 Å². The van der Waals surface area contributed by atoms with Crippen LogP contribution in [0.4, 0.5) is 0 Å². The third-order valence-electron chi connectivity index (χ3n) is 1.21. The van der Waals surface area contributed by atoms with Crippen LogP contribution in [0, 0.1) is 0 Å². The number of hydrogen-bond donors (Lipinski definition) is 0. The van der Waals surface area contributed by atoms with Crippen LogP contribution in [0.1, 0.15) is 20.8 Å². The van der Waals surface area contributed by atoms with Crippen LogP contribution in [0.2, 0.25) is 0 Å². The minimum Gasteiger partial charge on any atom is -0.403 e. The summed E-state index contributed by atoms with van der Waals surface area (Å²) < 4.78 is 21.4. The molecule has 0 amide bonds. The van der Waals surface area contributed by atoms with Gasteiger partial charge in [-0.3, -0.25) is 0 Å². The highest BCUT2D eigenvalue weighted by molar-refractivity contribution is 6.57. The highest BCUT2D eigenvalue weighted by Crippen LogP contribution is 2.09. The van der Waals surface area contributed by atoms with E-state index in [2.05, 4.69) is 0 Å². The molecule has 0 fully saturated rings. The zero-order valence-electron chi connectivity index (χ0n) is 8.25. The van der Waals surface area contributed by atoms with Crippen molar-refractivity contribution in [3.8, 4) is 0 Å². The SMILES string of the molecule is CCO[Si](O[SiH3])(OCC)OCC. The van der Waals surface area contributed by atoms with E-state index in [9.17, 15) is 0 Å². The normalized spacial score (nSPS) is 12.2. The maximum Gasteiger partial charge on any atom is 0.668 e. The van der Waals surface area contributed by atoms with Gasteiger partial charge < -0.3 is 17.4 Å². The van der Waals surface area contributed by atoms with E-state index in [0.29, 0.717) is 30.3 Å². The molecule has 0 aliphatic rings. The van der Waals surface area contributed by atoms with Gasteiger partial charge in [-0.05, 0) is 20.8 Å². The Morgan fingerprint density at radius 3 is 1.42 bits per heavy atom. The highest BCUT2D eigenvalue weighted by Gasteiger charge is 2.42. The molecule has 0 rings (SSSR count). The second kappa shape index (κ2) is 6.75. The van der Waals surface area contributed by atoms with Gasteiger partial charge in [-0.1, -0.05) is 0 Å². The molecular formula is C6H18O4Si2. The molecule has 0 aliphatic carbocycles. The van der Waals surface area contributed by atoms with Gasteiger partial charge in [-0.2, -0.15) is 0 Å². The summed E-state index contributed by atoms with van der Waals surface area (Å²) in [5.74, 6) is 0. The lowest BCUT2D eigenvalue weighted by molar-refractivity contribution is 0.0122. The summed E-state index contributed by atoms with van der Waals surface area (Å²) in [6.07, 6.45) is 0. The fourth-order valence-electron chi connectivity index (χ4n) is 0.832. The Bertz CT molecular complexity index is 94.7. The predicted octanol–water partition coefficient (Wildman–Crippen LogP) is -0.172. The fourth-order valence-corrected chi connectivity index (χ4v) is 3.56. The monoisotopic (exact) mass is 210 g/mol. The molecule has 0 saturated heterocycles. The van der Waals surface area contributed by atoms with Crippen molar-refractivity contribution in [3.05, 3.63) is 0 Å². The van der Waals surface area contributed by atoms with Crippen LogP contribution in [0.5, 0.6) is 0 Å². The van der Waals surface area contributed by atoms with Crippen molar-refractivity contribution in [1.82, 2.24) is 0 Å². The van der Waals surface area contributed by atoms with Gasteiger partial charge in [0.1, 0.15) is 10.5 Å². The van der Waals surface area contributed by atoms with Crippen molar-refractivity contribution in [2.75, 3.05) is 19.8 Å². The number of rotatable bonds is 7. The van der Waals surface area contributed by atoms with Crippen LogP contribution in [0.3, 0.4) is 0 Å². The summed E-state index contributed by atoms with van der Waals surface area (Å²) in [6.45, 7) is 7.40. The molecule has 0 aromatic heterocycles. The molecule has 0 aromatic rings. The molecule has 0 atom stereocenters. The standard InChI is InChI=1S/C6H18O4Si2/c1-4-7-12(10-11,8-5-2)9-6-3/h4-6H2,1-3,11H3. The summed E-state index contributed by atoms with van der Waals surface area (Å²) in [5, 5.41) is 0. The van der Waals surface area contributed by atoms with E-state index < -0.39 is 9.05 Å². The zero-order chi connectivity index (χ0) is 9.45. The minimum atomic E-state index is -2.71. The average Bonchev–Trinajstić information content (AvgIpc) is 2.06. The third-order valence-corrected chi connectivity index (χ3v) is 5.14. The molecule has 0 heterocycles. The van der Waals surface area contributed by atoms with Crippen molar-refractivity contribution >= 4 is 19.5 Å². The first kappa shape index (κ1) is 12.3. The van der Waals surface area contributed by atoms with Gasteiger partial charge in [-0.25, -0.2) is 0 Å². The van der Waals surface area contributed by atoms with Crippen LogP contribution in [0.15, 0.2) is 0 Å². The van der Waals surface area contributed by atoms with Crippen LogP contribution < -0.4 is 0 Å². The first-order chi connectivity index (χ1) is 5.74. The van der Waals surface area contributed by atoms with Crippen LogP contribution in [0.25, 0.3) is 0 Å². The minimum absolute atomic E-state index is 0.564. The lowest BCUT2D eigenvalue weighted by Crippen LogP contribution is -2.48. The smallest absolute Gasteiger partial charge is 0.403 e. The molecular weight excluding hydrogens is 192 g/mol. The first-order valence-electron chi connectivity index (χ1n) is 4.21. The van der Waals surface area contributed by atoms with Crippen LogP contribution >= 0.6 is 0 Å². The van der Waals surface area contributed by atoms with Crippen LogP contribution in [-0.4, -0.2) is 39.4 Å². The molecule has 6 heteroatoms. The van der Waals surface area contributed by atoms with Gasteiger partial charge in [0.25, 0.3) is 0 Å². The predicted molar refractivity (Wildman–Crippen MR) is 51.7 cm³/mol. The van der Waals surface area contributed by atoms with Crippen molar-refractivity contribution < 1.29 is 17.4 Å². The molecule has 4 nitrogen and oxygen atoms in total. The van der Waals surface area contributed by atoms with Gasteiger partial charge in [0.05, 0.1) is 0 Å². The summed E-state index contributed by atoms with van der Waals surface area (Å²) >= 11 is 0. The van der Waals surface area contributed by atoms with Gasteiger partial charge in [0.15, 0.2) is 0 Å². The molecule has 0 aliphatic heterocycles. The maximum absolute atomic E-state index is 5.37. The highest BCUT2D eigenvalue weighted by atomic mass is 28.4. The topological polar surface area (TPSA) is 36.9 Å². The lowest BCUT2D eigenvalue weighted by atomic mass is 10.9. The van der Waals surface area contributed by atoms with Crippen molar-refractivity contribution in [1.29, 1.82) is 0 Å². The quantitative estimate of drug-likeness (QED) is 0.547. The molecule has 0 spiro atoms. The third kappa shape index (κ3) is 3.79. The van der Waals surface area contributed by atoms with Crippen molar-refractivity contribution in [3.63, 3.8) is 0 Å². The van der Waals surface area contributed by atoms with E-state index in [1.807, 2.05) is 20.8 Å². The summed E-state index contributed by atoms with van der Waals surface area (Å²) in [4.78, 5) is 0. The molecule has 0 radical (unpaired) electrons. The summed E-state index contributed by atoms with van der Waals surface area (Å²) in [7, 11) is -2.13. The lowest BCUT2D eigenvalue weighted by Gasteiger charge is -2.25. The Morgan fingerprint density at radius 2 is 1.25 bits per heavy atom. The first-order valence-corrected chi connectivity index (χ1v) is 6.66. The Balaban J connectivity index is 4.06. The maximum atomic E-state index is 5.37. The zero-order valence-corrected chi connectivity index (χ0v) is 11.3. The average molecular weight is 210 g/mol. The van der Waals surface area contributed by atoms with E-state index in [0.717, 1.165) is 0 Å². The molecule has 0 saturated carbocycles. The van der Waals surface area contributed by atoms with E-state index >= 15 is 0 Å². The second-order valence-electron chi connectivity index (χ2n) is 2.00. The summed E-state index contributed by atoms with van der Waals surface area (Å²) in [5.41, 5.74) is 0. The summed E-state index contributed by atoms with van der Waals surface area (Å²) in [6, 6.07) is 0. The molecule has 12 heavy (non-hydrogen) atoms. The second-order valence-corrected chi connectivity index (χ2v) is 5.50. The Morgan fingerprint density at radius 1 is 0.917 bits per heavy atom. The van der Waals surface area contributed by atoms with Gasteiger partial charge in [0, 0.05) is 19.8 Å². The molecule has 0 N–H and O–H groups in total. The van der Waals surface area contributed by atoms with E-state index in [1.54, 1.807) is 0 Å². The molecule has 74 valence electrons. The van der Waals surface area contributed by atoms with Gasteiger partial charge >= 0.3 is 9.05 Å². The van der Waals surface area contributed by atoms with Gasteiger partial charge in [-0.15, -0.1) is 0 Å². The van der Waals surface area contributed by atoms with Crippen molar-refractivity contribution in [2.24, 2.45) is 0 Å². The number of hydrogen-bond acceptors (Lipinski definition) is 4. The largest absolute Gasteiger partial charge is 0.668 e. The van der Waals surface area contributed by atoms with E-state index in [4.69, 9.17) is 17.4 Å². The van der Waals surface area contributed by atoms with Crippen molar-refractivity contribution in [2.45, 2.75) is 20.8 Å². The van der Waals surface area contributed by atoms with E-state index in [-0.39, 0.29) is 0 Å². The Kier molecular flexibility index (Phi) is 6.91. The van der Waals surface area contributed by atoms with Gasteiger partial charge in [0.2, 0.25) is 0 Å². The fraction of sp³-hybridized carbons (Fsp3) is 1.00. The molecule has 0 aromatic carbocycles.